The first-order valence-electron chi connectivity index (χ1n) is 8.67. The monoisotopic (exact) mass is 413 g/mol. The number of nitrogens with one attached hydrogen (secondary N) is 2. The molecule has 2 amide bonds. The predicted octanol–water partition coefficient (Wildman–Crippen LogP) is 3.28. The fourth-order valence-corrected chi connectivity index (χ4v) is 2.69. The molecule has 3 aromatic rings. The van der Waals surface area contributed by atoms with Gasteiger partial charge in [-0.3, -0.25) is 9.59 Å². The maximum atomic E-state index is 13.6. The van der Waals surface area contributed by atoms with Crippen LogP contribution in [-0.2, 0) is 9.59 Å². The highest BCUT2D eigenvalue weighted by molar-refractivity contribution is 6.33. The number of rotatable bonds is 7. The minimum Gasteiger partial charge on any atom is -0.484 e. The molecule has 0 saturated heterocycles. The number of nitrogens with zero attached hydrogens (tertiary/aromatic N) is 1. The lowest BCUT2D eigenvalue weighted by atomic mass is 10.1. The van der Waals surface area contributed by atoms with Crippen LogP contribution in [0.2, 0.25) is 5.02 Å². The molecule has 0 aliphatic rings. The summed E-state index contributed by atoms with van der Waals surface area (Å²) in [5.41, 5.74) is 2.24. The first-order valence-corrected chi connectivity index (χ1v) is 9.05. The number of hydrazone groups is 1. The van der Waals surface area contributed by atoms with Gasteiger partial charge in [0, 0.05) is 5.56 Å². The molecule has 6 nitrogen and oxygen atoms in total. The van der Waals surface area contributed by atoms with Gasteiger partial charge in [0.05, 0.1) is 17.8 Å². The third-order valence-corrected chi connectivity index (χ3v) is 4.25. The van der Waals surface area contributed by atoms with Gasteiger partial charge in [0.1, 0.15) is 11.6 Å². The van der Waals surface area contributed by atoms with E-state index in [0.29, 0.717) is 5.75 Å². The molecule has 0 aromatic heterocycles. The van der Waals surface area contributed by atoms with Crippen molar-refractivity contribution in [1.82, 2.24) is 10.7 Å². The standard InChI is InChI=1S/C21H17ClFN3O3/c22-18-6-3-7-19(23)17(18)11-25-26-20(27)12-24-21(28)13-29-16-9-8-14-4-1-2-5-15(14)10-16/h1-11H,12-13H2,(H,24,28)(H,26,27)/b25-11-. The zero-order valence-electron chi connectivity index (χ0n) is 15.2. The molecule has 0 spiro atoms. The molecular weight excluding hydrogens is 397 g/mol. The Labute approximate surface area is 171 Å². The highest BCUT2D eigenvalue weighted by Gasteiger charge is 2.07. The second kappa shape index (κ2) is 9.66. The minimum atomic E-state index is -0.576. The number of benzene rings is 3. The maximum absolute atomic E-state index is 13.6. The summed E-state index contributed by atoms with van der Waals surface area (Å²) in [7, 11) is 0. The van der Waals surface area contributed by atoms with Crippen molar-refractivity contribution in [3.05, 3.63) is 77.1 Å². The van der Waals surface area contributed by atoms with E-state index in [-0.39, 0.29) is 23.7 Å². The number of fused-ring (bicyclic) bond motifs is 1. The fraction of sp³-hybridized carbons (Fsp3) is 0.0952. The molecule has 29 heavy (non-hydrogen) atoms. The van der Waals surface area contributed by atoms with Gasteiger partial charge in [-0.1, -0.05) is 48.0 Å². The smallest absolute Gasteiger partial charge is 0.259 e. The van der Waals surface area contributed by atoms with E-state index in [2.05, 4.69) is 15.8 Å². The molecule has 0 bridgehead atoms. The molecular formula is C21H17ClFN3O3. The molecule has 0 fully saturated rings. The van der Waals surface area contributed by atoms with Crippen molar-refractivity contribution >= 4 is 40.4 Å². The second-order valence-corrected chi connectivity index (χ2v) is 6.41. The van der Waals surface area contributed by atoms with Gasteiger partial charge in [0.2, 0.25) is 0 Å². The Bertz CT molecular complexity index is 1050. The Morgan fingerprint density at radius 3 is 2.62 bits per heavy atom. The van der Waals surface area contributed by atoms with Crippen LogP contribution >= 0.6 is 11.6 Å². The molecule has 0 aliphatic heterocycles. The molecule has 2 N–H and O–H groups in total. The number of carbonyl (C=O) groups is 2. The van der Waals surface area contributed by atoms with Crippen molar-refractivity contribution in [1.29, 1.82) is 0 Å². The van der Waals surface area contributed by atoms with Gasteiger partial charge in [0.15, 0.2) is 6.61 Å². The molecule has 0 saturated carbocycles. The summed E-state index contributed by atoms with van der Waals surface area (Å²) in [5, 5.41) is 8.28. The highest BCUT2D eigenvalue weighted by Crippen LogP contribution is 2.20. The van der Waals surface area contributed by atoms with Gasteiger partial charge in [-0.2, -0.15) is 5.10 Å². The van der Waals surface area contributed by atoms with Crippen molar-refractivity contribution in [2.45, 2.75) is 0 Å². The molecule has 148 valence electrons. The van der Waals surface area contributed by atoms with Crippen LogP contribution < -0.4 is 15.5 Å². The lowest BCUT2D eigenvalue weighted by molar-refractivity contribution is -0.127. The summed E-state index contributed by atoms with van der Waals surface area (Å²) < 4.78 is 19.0. The van der Waals surface area contributed by atoms with Crippen LogP contribution in [0.1, 0.15) is 5.56 Å². The second-order valence-electron chi connectivity index (χ2n) is 6.00. The molecule has 0 radical (unpaired) electrons. The normalized spacial score (nSPS) is 10.8. The molecule has 0 unspecified atom stereocenters. The Morgan fingerprint density at radius 2 is 1.83 bits per heavy atom. The lowest BCUT2D eigenvalue weighted by Crippen LogP contribution is -2.37. The van der Waals surface area contributed by atoms with Gasteiger partial charge in [-0.05, 0) is 35.0 Å². The summed E-state index contributed by atoms with van der Waals surface area (Å²) in [6.07, 6.45) is 1.10. The van der Waals surface area contributed by atoms with Crippen molar-refractivity contribution in [2.24, 2.45) is 5.10 Å². The number of hydrogen-bond acceptors (Lipinski definition) is 4. The third kappa shape index (κ3) is 5.76. The molecule has 0 aliphatic carbocycles. The van der Waals surface area contributed by atoms with Gasteiger partial charge in [0.25, 0.3) is 11.8 Å². The van der Waals surface area contributed by atoms with E-state index in [0.717, 1.165) is 17.0 Å². The number of ether oxygens (including phenoxy) is 1. The van der Waals surface area contributed by atoms with E-state index in [9.17, 15) is 14.0 Å². The van der Waals surface area contributed by atoms with Gasteiger partial charge in [-0.15, -0.1) is 0 Å². The van der Waals surface area contributed by atoms with E-state index in [4.69, 9.17) is 16.3 Å². The van der Waals surface area contributed by atoms with Crippen LogP contribution in [0, 0.1) is 5.82 Å². The van der Waals surface area contributed by atoms with Gasteiger partial charge >= 0.3 is 0 Å². The van der Waals surface area contributed by atoms with Crippen molar-refractivity contribution in [2.75, 3.05) is 13.2 Å². The molecule has 3 rings (SSSR count). The van der Waals surface area contributed by atoms with Gasteiger partial charge in [-0.25, -0.2) is 9.82 Å². The van der Waals surface area contributed by atoms with E-state index in [1.54, 1.807) is 6.07 Å². The van der Waals surface area contributed by atoms with E-state index < -0.39 is 17.6 Å². The number of amides is 2. The van der Waals surface area contributed by atoms with Crippen LogP contribution in [0.5, 0.6) is 5.75 Å². The van der Waals surface area contributed by atoms with Gasteiger partial charge < -0.3 is 10.1 Å². The van der Waals surface area contributed by atoms with E-state index in [1.807, 2.05) is 36.4 Å². The summed E-state index contributed by atoms with van der Waals surface area (Å²) in [6, 6.07) is 17.5. The zero-order valence-corrected chi connectivity index (χ0v) is 15.9. The number of halogens is 2. The summed E-state index contributed by atoms with van der Waals surface area (Å²) in [6.45, 7) is -0.540. The topological polar surface area (TPSA) is 79.8 Å². The average molecular weight is 414 g/mol. The predicted molar refractivity (Wildman–Crippen MR) is 110 cm³/mol. The quantitative estimate of drug-likeness (QED) is 0.461. The zero-order chi connectivity index (χ0) is 20.6. The van der Waals surface area contributed by atoms with Crippen LogP contribution in [0.15, 0.2) is 65.8 Å². The van der Waals surface area contributed by atoms with Crippen molar-refractivity contribution < 1.29 is 18.7 Å². The fourth-order valence-electron chi connectivity index (χ4n) is 2.48. The minimum absolute atomic E-state index is 0.0577. The first kappa shape index (κ1) is 20.3. The Balaban J connectivity index is 1.42. The number of carbonyl (C=O) groups excluding carboxylic acids is 2. The SMILES string of the molecule is O=C(COc1ccc2ccccc2c1)NCC(=O)N/N=C\c1c(F)cccc1Cl. The molecule has 0 heterocycles. The van der Waals surface area contributed by atoms with Crippen molar-refractivity contribution in [3.8, 4) is 5.75 Å². The molecule has 3 aromatic carbocycles. The Kier molecular flexibility index (Phi) is 6.76. The maximum Gasteiger partial charge on any atom is 0.259 e. The lowest BCUT2D eigenvalue weighted by Gasteiger charge is -2.08. The van der Waals surface area contributed by atoms with Crippen LogP contribution in [-0.4, -0.2) is 31.2 Å². The Hall–Kier alpha value is -3.45. The highest BCUT2D eigenvalue weighted by atomic mass is 35.5. The summed E-state index contributed by atoms with van der Waals surface area (Å²) >= 11 is 5.85. The Morgan fingerprint density at radius 1 is 1.03 bits per heavy atom. The molecule has 8 heteroatoms. The number of hydrogen-bond donors (Lipinski definition) is 2. The van der Waals surface area contributed by atoms with E-state index in [1.165, 1.54) is 18.2 Å². The largest absolute Gasteiger partial charge is 0.484 e. The first-order chi connectivity index (χ1) is 14.0. The summed E-state index contributed by atoms with van der Waals surface area (Å²) in [4.78, 5) is 23.6. The van der Waals surface area contributed by atoms with Crippen LogP contribution in [0.25, 0.3) is 10.8 Å². The summed E-state index contributed by atoms with van der Waals surface area (Å²) in [5.74, 6) is -1.05. The third-order valence-electron chi connectivity index (χ3n) is 3.92. The average Bonchev–Trinajstić information content (AvgIpc) is 2.72. The molecule has 0 atom stereocenters. The van der Waals surface area contributed by atoms with Crippen LogP contribution in [0.3, 0.4) is 0 Å². The van der Waals surface area contributed by atoms with Crippen molar-refractivity contribution in [3.63, 3.8) is 0 Å². The van der Waals surface area contributed by atoms with Crippen LogP contribution in [0.4, 0.5) is 4.39 Å². The van der Waals surface area contributed by atoms with E-state index >= 15 is 0 Å².